The number of carboxylic acids is 1. The number of rotatable bonds is 4. The first-order chi connectivity index (χ1) is 8.66. The molecule has 18 heavy (non-hydrogen) atoms. The lowest BCUT2D eigenvalue weighted by molar-refractivity contribution is 0.0697. The van der Waals surface area contributed by atoms with Crippen molar-refractivity contribution in [2.24, 2.45) is 0 Å². The van der Waals surface area contributed by atoms with Gasteiger partial charge in [0.15, 0.2) is 0 Å². The second kappa shape index (κ2) is 5.27. The molecule has 0 unspecified atom stereocenters. The Kier molecular flexibility index (Phi) is 3.52. The molecule has 92 valence electrons. The molecule has 0 spiro atoms. The van der Waals surface area contributed by atoms with Gasteiger partial charge in [0.25, 0.3) is 0 Å². The fourth-order valence-electron chi connectivity index (χ4n) is 1.60. The predicted molar refractivity (Wildman–Crippen MR) is 67.5 cm³/mol. The summed E-state index contributed by atoms with van der Waals surface area (Å²) in [6.07, 6.45) is 4.95. The Hall–Kier alpha value is -2.43. The van der Waals surface area contributed by atoms with Gasteiger partial charge in [-0.15, -0.1) is 0 Å². The zero-order valence-electron chi connectivity index (χ0n) is 9.95. The maximum absolute atomic E-state index is 10.7. The zero-order chi connectivity index (χ0) is 13.0. The third-order valence-corrected chi connectivity index (χ3v) is 2.56. The molecule has 0 bridgehead atoms. The molecule has 1 aromatic carbocycles. The van der Waals surface area contributed by atoms with E-state index in [-0.39, 0.29) is 0 Å². The van der Waals surface area contributed by atoms with Crippen molar-refractivity contribution in [1.29, 1.82) is 0 Å². The lowest BCUT2D eigenvalue weighted by Gasteiger charge is -2.17. The molecule has 0 saturated heterocycles. The summed E-state index contributed by atoms with van der Waals surface area (Å²) in [6, 6.07) is 6.80. The summed E-state index contributed by atoms with van der Waals surface area (Å²) in [5, 5.41) is 8.81. The van der Waals surface area contributed by atoms with Crippen molar-refractivity contribution in [1.82, 2.24) is 9.97 Å². The molecule has 1 heterocycles. The van der Waals surface area contributed by atoms with Crippen molar-refractivity contribution in [3.05, 3.63) is 54.0 Å². The number of aromatic nitrogens is 2. The van der Waals surface area contributed by atoms with Gasteiger partial charge in [0.2, 0.25) is 0 Å². The third kappa shape index (κ3) is 2.82. The lowest BCUT2D eigenvalue weighted by atomic mass is 10.1. The van der Waals surface area contributed by atoms with Crippen LogP contribution in [0.25, 0.3) is 0 Å². The SMILES string of the molecule is CN(Cc1ccc(C(=O)O)cc1)c1cnccn1. The van der Waals surface area contributed by atoms with Crippen LogP contribution in [0, 0.1) is 0 Å². The molecule has 0 aliphatic heterocycles. The Labute approximate surface area is 105 Å². The fourth-order valence-corrected chi connectivity index (χ4v) is 1.60. The van der Waals surface area contributed by atoms with E-state index in [0.717, 1.165) is 11.4 Å². The van der Waals surface area contributed by atoms with Gasteiger partial charge in [-0.05, 0) is 17.7 Å². The topological polar surface area (TPSA) is 66.3 Å². The molecule has 0 aliphatic carbocycles. The highest BCUT2D eigenvalue weighted by atomic mass is 16.4. The maximum atomic E-state index is 10.7. The standard InChI is InChI=1S/C13H13N3O2/c1-16(12-8-14-6-7-15-12)9-10-2-4-11(5-3-10)13(17)18/h2-8H,9H2,1H3,(H,17,18). The number of hydrogen-bond acceptors (Lipinski definition) is 4. The molecular weight excluding hydrogens is 230 g/mol. The van der Waals surface area contributed by atoms with Gasteiger partial charge in [-0.25, -0.2) is 9.78 Å². The molecule has 0 saturated carbocycles. The maximum Gasteiger partial charge on any atom is 0.335 e. The average molecular weight is 243 g/mol. The molecule has 2 aromatic rings. The van der Waals surface area contributed by atoms with E-state index in [1.54, 1.807) is 42.9 Å². The van der Waals surface area contributed by atoms with Crippen molar-refractivity contribution in [3.63, 3.8) is 0 Å². The first-order valence-corrected chi connectivity index (χ1v) is 5.46. The molecule has 0 radical (unpaired) electrons. The minimum atomic E-state index is -0.913. The van der Waals surface area contributed by atoms with Crippen molar-refractivity contribution in [3.8, 4) is 0 Å². The van der Waals surface area contributed by atoms with Crippen LogP contribution in [0.1, 0.15) is 15.9 Å². The molecule has 0 fully saturated rings. The van der Waals surface area contributed by atoms with Crippen LogP contribution < -0.4 is 4.90 Å². The van der Waals surface area contributed by atoms with E-state index in [9.17, 15) is 4.79 Å². The van der Waals surface area contributed by atoms with E-state index in [4.69, 9.17) is 5.11 Å². The third-order valence-electron chi connectivity index (χ3n) is 2.56. The summed E-state index contributed by atoms with van der Waals surface area (Å²) in [6.45, 7) is 0.651. The zero-order valence-corrected chi connectivity index (χ0v) is 9.95. The summed E-state index contributed by atoms with van der Waals surface area (Å²) in [7, 11) is 1.91. The van der Waals surface area contributed by atoms with Gasteiger partial charge in [-0.2, -0.15) is 0 Å². The number of carboxylic acid groups (broad SMARTS) is 1. The van der Waals surface area contributed by atoms with Gasteiger partial charge in [0, 0.05) is 26.0 Å². The Morgan fingerprint density at radius 1 is 1.28 bits per heavy atom. The molecule has 0 atom stereocenters. The van der Waals surface area contributed by atoms with Crippen LogP contribution in [0.15, 0.2) is 42.9 Å². The number of benzene rings is 1. The second-order valence-corrected chi connectivity index (χ2v) is 3.92. The molecule has 2 rings (SSSR count). The van der Waals surface area contributed by atoms with Crippen LogP contribution in [0.3, 0.4) is 0 Å². The van der Waals surface area contributed by atoms with Gasteiger partial charge in [-0.3, -0.25) is 4.98 Å². The minimum Gasteiger partial charge on any atom is -0.478 e. The molecule has 5 nitrogen and oxygen atoms in total. The van der Waals surface area contributed by atoms with E-state index < -0.39 is 5.97 Å². The van der Waals surface area contributed by atoms with Crippen LogP contribution in [-0.2, 0) is 6.54 Å². The molecule has 0 aliphatic rings. The first-order valence-electron chi connectivity index (χ1n) is 5.46. The Morgan fingerprint density at radius 3 is 2.56 bits per heavy atom. The Bertz CT molecular complexity index is 526. The fraction of sp³-hybridized carbons (Fsp3) is 0.154. The summed E-state index contributed by atoms with van der Waals surface area (Å²) in [5.74, 6) is -0.136. The monoisotopic (exact) mass is 243 g/mol. The van der Waals surface area contributed by atoms with Gasteiger partial charge in [0.05, 0.1) is 11.8 Å². The normalized spacial score (nSPS) is 10.1. The highest BCUT2D eigenvalue weighted by Gasteiger charge is 2.05. The van der Waals surface area contributed by atoms with Gasteiger partial charge in [-0.1, -0.05) is 12.1 Å². The van der Waals surface area contributed by atoms with E-state index in [0.29, 0.717) is 12.1 Å². The summed E-state index contributed by atoms with van der Waals surface area (Å²) < 4.78 is 0. The number of carbonyl (C=O) groups is 1. The van der Waals surface area contributed by atoms with Crippen LogP contribution in [0.5, 0.6) is 0 Å². The summed E-state index contributed by atoms with van der Waals surface area (Å²) in [4.78, 5) is 20.9. The summed E-state index contributed by atoms with van der Waals surface area (Å²) in [5.41, 5.74) is 1.31. The van der Waals surface area contributed by atoms with Crippen molar-refractivity contribution < 1.29 is 9.90 Å². The average Bonchev–Trinajstić information content (AvgIpc) is 2.40. The molecule has 1 N–H and O–H groups in total. The van der Waals surface area contributed by atoms with Crippen LogP contribution in [0.4, 0.5) is 5.82 Å². The molecule has 5 heteroatoms. The van der Waals surface area contributed by atoms with Gasteiger partial charge < -0.3 is 10.0 Å². The van der Waals surface area contributed by atoms with E-state index in [2.05, 4.69) is 9.97 Å². The smallest absolute Gasteiger partial charge is 0.335 e. The molecule has 0 amide bonds. The van der Waals surface area contributed by atoms with Crippen LogP contribution in [0.2, 0.25) is 0 Å². The summed E-state index contributed by atoms with van der Waals surface area (Å²) >= 11 is 0. The van der Waals surface area contributed by atoms with Crippen LogP contribution in [-0.4, -0.2) is 28.1 Å². The first kappa shape index (κ1) is 12.0. The van der Waals surface area contributed by atoms with Crippen LogP contribution >= 0.6 is 0 Å². The predicted octanol–water partition coefficient (Wildman–Crippen LogP) is 1.81. The lowest BCUT2D eigenvalue weighted by Crippen LogP contribution is -2.17. The largest absolute Gasteiger partial charge is 0.478 e. The van der Waals surface area contributed by atoms with Crippen molar-refractivity contribution in [2.45, 2.75) is 6.54 Å². The van der Waals surface area contributed by atoms with E-state index in [1.807, 2.05) is 11.9 Å². The van der Waals surface area contributed by atoms with Crippen molar-refractivity contribution in [2.75, 3.05) is 11.9 Å². The van der Waals surface area contributed by atoms with Crippen molar-refractivity contribution >= 4 is 11.8 Å². The Balaban J connectivity index is 2.08. The Morgan fingerprint density at radius 2 is 2.00 bits per heavy atom. The molecular formula is C13H13N3O2. The second-order valence-electron chi connectivity index (χ2n) is 3.92. The van der Waals surface area contributed by atoms with Gasteiger partial charge >= 0.3 is 5.97 Å². The number of hydrogen-bond donors (Lipinski definition) is 1. The van der Waals surface area contributed by atoms with E-state index in [1.165, 1.54) is 0 Å². The minimum absolute atomic E-state index is 0.293. The number of nitrogens with zero attached hydrogens (tertiary/aromatic N) is 3. The number of aromatic carboxylic acids is 1. The van der Waals surface area contributed by atoms with E-state index >= 15 is 0 Å². The quantitative estimate of drug-likeness (QED) is 0.887. The number of anilines is 1. The molecule has 1 aromatic heterocycles. The highest BCUT2D eigenvalue weighted by Crippen LogP contribution is 2.11. The van der Waals surface area contributed by atoms with Gasteiger partial charge in [0.1, 0.15) is 5.82 Å². The highest BCUT2D eigenvalue weighted by molar-refractivity contribution is 5.87.